The molecular formula is C14H18Cl2N2O. The average Bonchev–Trinajstić information content (AvgIpc) is 2.43. The molecule has 1 aliphatic rings. The van der Waals surface area contributed by atoms with Crippen LogP contribution in [0.2, 0.25) is 10.0 Å². The molecule has 19 heavy (non-hydrogen) atoms. The van der Waals surface area contributed by atoms with Crippen molar-refractivity contribution >= 4 is 28.9 Å². The number of rotatable bonds is 3. The van der Waals surface area contributed by atoms with Crippen LogP contribution in [0.4, 0.5) is 0 Å². The van der Waals surface area contributed by atoms with Crippen molar-refractivity contribution in [3.8, 4) is 0 Å². The summed E-state index contributed by atoms with van der Waals surface area (Å²) >= 11 is 12.2. The Morgan fingerprint density at radius 2 is 2.21 bits per heavy atom. The van der Waals surface area contributed by atoms with E-state index in [9.17, 15) is 0 Å². The van der Waals surface area contributed by atoms with Crippen LogP contribution in [-0.2, 0) is 6.54 Å². The van der Waals surface area contributed by atoms with Gasteiger partial charge in [0.05, 0.1) is 15.8 Å². The van der Waals surface area contributed by atoms with Crippen molar-refractivity contribution in [2.24, 2.45) is 11.1 Å². The van der Waals surface area contributed by atoms with E-state index in [1.807, 2.05) is 12.1 Å². The zero-order chi connectivity index (χ0) is 13.8. The number of likely N-dealkylation sites (tertiary alicyclic amines) is 1. The van der Waals surface area contributed by atoms with Crippen LogP contribution in [0.15, 0.2) is 23.4 Å². The lowest BCUT2D eigenvalue weighted by Crippen LogP contribution is -2.40. The second kappa shape index (κ2) is 6.60. The van der Waals surface area contributed by atoms with Crippen molar-refractivity contribution in [2.45, 2.75) is 26.3 Å². The van der Waals surface area contributed by atoms with Crippen molar-refractivity contribution in [1.29, 1.82) is 0 Å². The zero-order valence-electron chi connectivity index (χ0n) is 10.9. The van der Waals surface area contributed by atoms with E-state index in [1.165, 1.54) is 0 Å². The second-order valence-electron chi connectivity index (χ2n) is 4.89. The Labute approximate surface area is 123 Å². The van der Waals surface area contributed by atoms with Gasteiger partial charge in [0.1, 0.15) is 0 Å². The number of oxime groups is 1. The molecule has 1 N–H and O–H groups in total. The lowest BCUT2D eigenvalue weighted by molar-refractivity contribution is 0.220. The molecule has 0 amide bonds. The Kier molecular flexibility index (Phi) is 5.08. The average molecular weight is 301 g/mol. The fraction of sp³-hybridized carbons (Fsp3) is 0.500. The first-order valence-electron chi connectivity index (χ1n) is 6.51. The van der Waals surface area contributed by atoms with Gasteiger partial charge >= 0.3 is 0 Å². The number of piperidine rings is 1. The molecule has 0 bridgehead atoms. The molecule has 1 atom stereocenters. The third kappa shape index (κ3) is 3.41. The van der Waals surface area contributed by atoms with E-state index in [0.717, 1.165) is 43.8 Å². The summed E-state index contributed by atoms with van der Waals surface area (Å²) in [6.07, 6.45) is 1.80. The minimum absolute atomic E-state index is 0.330. The molecule has 1 aromatic carbocycles. The molecule has 1 aliphatic heterocycles. The minimum atomic E-state index is 0.330. The molecule has 0 aliphatic carbocycles. The SMILES string of the molecule is CCC1CN(Cc2cccc(Cl)c2Cl)CC/C1=N\O. The highest BCUT2D eigenvalue weighted by Crippen LogP contribution is 2.28. The fourth-order valence-electron chi connectivity index (χ4n) is 2.54. The maximum atomic E-state index is 8.98. The number of nitrogens with zero attached hydrogens (tertiary/aromatic N) is 2. The molecule has 1 aromatic rings. The Morgan fingerprint density at radius 1 is 1.42 bits per heavy atom. The van der Waals surface area contributed by atoms with Gasteiger partial charge in [-0.2, -0.15) is 0 Å². The van der Waals surface area contributed by atoms with Crippen LogP contribution in [0.5, 0.6) is 0 Å². The Hall–Kier alpha value is -0.770. The van der Waals surface area contributed by atoms with Gasteiger partial charge in [0.2, 0.25) is 0 Å². The summed E-state index contributed by atoms with van der Waals surface area (Å²) < 4.78 is 0. The molecule has 1 saturated heterocycles. The van der Waals surface area contributed by atoms with Gasteiger partial charge in [-0.25, -0.2) is 0 Å². The quantitative estimate of drug-likeness (QED) is 0.675. The van der Waals surface area contributed by atoms with Crippen LogP contribution in [0.3, 0.4) is 0 Å². The van der Waals surface area contributed by atoms with E-state index in [1.54, 1.807) is 6.07 Å². The van der Waals surface area contributed by atoms with E-state index < -0.39 is 0 Å². The molecule has 0 radical (unpaired) electrons. The van der Waals surface area contributed by atoms with Crippen LogP contribution >= 0.6 is 23.2 Å². The molecule has 1 fully saturated rings. The van der Waals surface area contributed by atoms with Crippen molar-refractivity contribution in [2.75, 3.05) is 13.1 Å². The summed E-state index contributed by atoms with van der Waals surface area (Å²) in [5.41, 5.74) is 1.96. The number of halogens is 2. The van der Waals surface area contributed by atoms with E-state index in [2.05, 4.69) is 17.0 Å². The van der Waals surface area contributed by atoms with Gasteiger partial charge in [-0.3, -0.25) is 4.90 Å². The lowest BCUT2D eigenvalue weighted by atomic mass is 9.93. The fourth-order valence-corrected chi connectivity index (χ4v) is 2.92. The maximum Gasteiger partial charge on any atom is 0.0637 e. The molecular weight excluding hydrogens is 283 g/mol. The van der Waals surface area contributed by atoms with Gasteiger partial charge in [0, 0.05) is 32.0 Å². The number of hydrogen-bond acceptors (Lipinski definition) is 3. The molecule has 0 spiro atoms. The van der Waals surface area contributed by atoms with Gasteiger partial charge in [-0.1, -0.05) is 47.4 Å². The van der Waals surface area contributed by atoms with Crippen molar-refractivity contribution in [1.82, 2.24) is 4.90 Å². The zero-order valence-corrected chi connectivity index (χ0v) is 12.5. The summed E-state index contributed by atoms with van der Waals surface area (Å²) in [6, 6.07) is 5.73. The molecule has 104 valence electrons. The number of benzene rings is 1. The Morgan fingerprint density at radius 3 is 2.89 bits per heavy atom. The third-order valence-electron chi connectivity index (χ3n) is 3.68. The predicted octanol–water partition coefficient (Wildman–Crippen LogP) is 4.06. The number of hydrogen-bond donors (Lipinski definition) is 1. The van der Waals surface area contributed by atoms with Crippen LogP contribution in [-0.4, -0.2) is 28.9 Å². The summed E-state index contributed by atoms with van der Waals surface area (Å²) in [5, 5.41) is 13.6. The van der Waals surface area contributed by atoms with E-state index in [0.29, 0.717) is 16.0 Å². The molecule has 1 unspecified atom stereocenters. The van der Waals surface area contributed by atoms with Crippen LogP contribution in [0.25, 0.3) is 0 Å². The molecule has 0 aromatic heterocycles. The summed E-state index contributed by atoms with van der Waals surface area (Å²) in [7, 11) is 0. The van der Waals surface area contributed by atoms with Crippen molar-refractivity contribution in [3.63, 3.8) is 0 Å². The normalized spacial score (nSPS) is 22.9. The van der Waals surface area contributed by atoms with Gasteiger partial charge in [0.15, 0.2) is 0 Å². The first kappa shape index (κ1) is 14.6. The minimum Gasteiger partial charge on any atom is -0.411 e. The molecule has 0 saturated carbocycles. The highest BCUT2D eigenvalue weighted by Gasteiger charge is 2.25. The van der Waals surface area contributed by atoms with E-state index in [4.69, 9.17) is 28.4 Å². The maximum absolute atomic E-state index is 8.98. The first-order valence-corrected chi connectivity index (χ1v) is 7.27. The smallest absolute Gasteiger partial charge is 0.0637 e. The predicted molar refractivity (Wildman–Crippen MR) is 79.4 cm³/mol. The van der Waals surface area contributed by atoms with Crippen molar-refractivity contribution in [3.05, 3.63) is 33.8 Å². The van der Waals surface area contributed by atoms with E-state index in [-0.39, 0.29) is 0 Å². The molecule has 2 rings (SSSR count). The van der Waals surface area contributed by atoms with Crippen molar-refractivity contribution < 1.29 is 5.21 Å². The first-order chi connectivity index (χ1) is 9.15. The Balaban J connectivity index is 2.06. The molecule has 1 heterocycles. The topological polar surface area (TPSA) is 35.8 Å². The summed E-state index contributed by atoms with van der Waals surface area (Å²) in [4.78, 5) is 2.33. The summed E-state index contributed by atoms with van der Waals surface area (Å²) in [5.74, 6) is 0.330. The second-order valence-corrected chi connectivity index (χ2v) is 5.68. The monoisotopic (exact) mass is 300 g/mol. The van der Waals surface area contributed by atoms with Gasteiger partial charge < -0.3 is 5.21 Å². The molecule has 5 heteroatoms. The summed E-state index contributed by atoms with van der Waals surface area (Å²) in [6.45, 7) is 4.69. The van der Waals surface area contributed by atoms with Gasteiger partial charge in [-0.05, 0) is 18.1 Å². The third-order valence-corrected chi connectivity index (χ3v) is 4.54. The molecule has 3 nitrogen and oxygen atoms in total. The van der Waals surface area contributed by atoms with E-state index >= 15 is 0 Å². The largest absolute Gasteiger partial charge is 0.411 e. The van der Waals surface area contributed by atoms with Crippen LogP contribution in [0.1, 0.15) is 25.3 Å². The van der Waals surface area contributed by atoms with Gasteiger partial charge in [0.25, 0.3) is 0 Å². The van der Waals surface area contributed by atoms with Crippen LogP contribution in [0, 0.1) is 5.92 Å². The highest BCUT2D eigenvalue weighted by atomic mass is 35.5. The van der Waals surface area contributed by atoms with Crippen LogP contribution < -0.4 is 0 Å². The van der Waals surface area contributed by atoms with Gasteiger partial charge in [-0.15, -0.1) is 0 Å². The highest BCUT2D eigenvalue weighted by molar-refractivity contribution is 6.42. The lowest BCUT2D eigenvalue weighted by Gasteiger charge is -2.33. The standard InChI is InChI=1S/C14H18Cl2N2O/c1-2-10-8-18(7-6-13(10)17-19)9-11-4-3-5-12(15)14(11)16/h3-5,10,19H,2,6-9H2,1H3/b17-13+. The Bertz CT molecular complexity index is 477.